The van der Waals surface area contributed by atoms with Crippen LogP contribution in [-0.4, -0.2) is 19.4 Å². The highest BCUT2D eigenvalue weighted by Crippen LogP contribution is 2.11. The maximum absolute atomic E-state index is 10.7. The minimum Gasteiger partial charge on any atom is -0.452 e. The number of ether oxygens (including phenoxy) is 1. The van der Waals surface area contributed by atoms with Crippen molar-refractivity contribution >= 4 is 12.3 Å². The Morgan fingerprint density at radius 3 is 2.73 bits per heavy atom. The van der Waals surface area contributed by atoms with Gasteiger partial charge in [-0.3, -0.25) is 0 Å². The van der Waals surface area contributed by atoms with Crippen LogP contribution in [0.4, 0.5) is 4.79 Å². The maximum atomic E-state index is 10.7. The first-order chi connectivity index (χ1) is 7.24. The number of hydrogen-bond donors (Lipinski definition) is 1. The third-order valence-electron chi connectivity index (χ3n) is 1.96. The normalized spacial score (nSPS) is 12.4. The molecule has 1 rings (SSSR count). The number of methoxy groups -OCH3 is 1. The molecule has 0 aliphatic heterocycles. The van der Waals surface area contributed by atoms with Gasteiger partial charge in [0.1, 0.15) is 0 Å². The Kier molecular flexibility index (Phi) is 4.34. The maximum Gasteiger partial charge on any atom is 0.427 e. The molecule has 0 radical (unpaired) electrons. The van der Waals surface area contributed by atoms with E-state index in [1.54, 1.807) is 6.21 Å². The van der Waals surface area contributed by atoms with E-state index in [0.29, 0.717) is 0 Å². The summed E-state index contributed by atoms with van der Waals surface area (Å²) in [6.45, 7) is 2.00. The Bertz CT molecular complexity index is 336. The van der Waals surface area contributed by atoms with Gasteiger partial charge in [0, 0.05) is 12.1 Å². The van der Waals surface area contributed by atoms with Crippen molar-refractivity contribution in [1.82, 2.24) is 5.43 Å². The summed E-state index contributed by atoms with van der Waals surface area (Å²) in [6.07, 6.45) is 1.10. The molecule has 0 saturated carbocycles. The molecule has 4 nitrogen and oxygen atoms in total. The van der Waals surface area contributed by atoms with Crippen molar-refractivity contribution in [3.8, 4) is 0 Å². The van der Waals surface area contributed by atoms with E-state index >= 15 is 0 Å². The number of hydrogen-bond acceptors (Lipinski definition) is 3. The Labute approximate surface area is 88.9 Å². The lowest BCUT2D eigenvalue weighted by molar-refractivity contribution is 0.171. The number of carbonyl (C=O) groups is 1. The zero-order valence-electron chi connectivity index (χ0n) is 8.81. The number of nitrogens with zero attached hydrogens (tertiary/aromatic N) is 1. The molecule has 0 aliphatic carbocycles. The summed E-state index contributed by atoms with van der Waals surface area (Å²) in [7, 11) is 1.30. The van der Waals surface area contributed by atoms with E-state index < -0.39 is 6.09 Å². The van der Waals surface area contributed by atoms with Gasteiger partial charge in [0.15, 0.2) is 0 Å². The van der Waals surface area contributed by atoms with Crippen molar-refractivity contribution in [2.24, 2.45) is 5.10 Å². The van der Waals surface area contributed by atoms with Crippen LogP contribution < -0.4 is 5.43 Å². The van der Waals surface area contributed by atoms with Gasteiger partial charge < -0.3 is 4.74 Å². The number of rotatable bonds is 3. The third-order valence-corrected chi connectivity index (χ3v) is 1.96. The zero-order valence-corrected chi connectivity index (χ0v) is 8.81. The SMILES string of the molecule is COC(=O)N/N=C\[C@@H](C)c1ccccc1. The van der Waals surface area contributed by atoms with Crippen LogP contribution in [0.15, 0.2) is 35.4 Å². The van der Waals surface area contributed by atoms with Crippen molar-refractivity contribution in [1.29, 1.82) is 0 Å². The molecule has 0 fully saturated rings. The minimum atomic E-state index is -0.563. The number of nitrogens with one attached hydrogen (secondary N) is 1. The van der Waals surface area contributed by atoms with E-state index in [2.05, 4.69) is 15.3 Å². The number of carbonyl (C=O) groups excluding carboxylic acids is 1. The minimum absolute atomic E-state index is 0.156. The monoisotopic (exact) mass is 206 g/mol. The average molecular weight is 206 g/mol. The van der Waals surface area contributed by atoms with Crippen LogP contribution in [0.25, 0.3) is 0 Å². The van der Waals surface area contributed by atoms with Crippen molar-refractivity contribution in [2.75, 3.05) is 7.11 Å². The van der Waals surface area contributed by atoms with Gasteiger partial charge in [0.05, 0.1) is 7.11 Å². The van der Waals surface area contributed by atoms with Crippen LogP contribution in [0.3, 0.4) is 0 Å². The van der Waals surface area contributed by atoms with Gasteiger partial charge in [0.25, 0.3) is 0 Å². The van der Waals surface area contributed by atoms with E-state index in [4.69, 9.17) is 0 Å². The lowest BCUT2D eigenvalue weighted by Gasteiger charge is -2.04. The Hall–Kier alpha value is -1.84. The van der Waals surface area contributed by atoms with Crippen LogP contribution >= 0.6 is 0 Å². The summed E-state index contributed by atoms with van der Waals surface area (Å²) in [6, 6.07) is 9.91. The fourth-order valence-corrected chi connectivity index (χ4v) is 1.09. The van der Waals surface area contributed by atoms with E-state index in [0.717, 1.165) is 5.56 Å². The van der Waals surface area contributed by atoms with E-state index in [1.807, 2.05) is 37.3 Å². The van der Waals surface area contributed by atoms with Crippen molar-refractivity contribution in [3.63, 3.8) is 0 Å². The number of benzene rings is 1. The second kappa shape index (κ2) is 5.80. The van der Waals surface area contributed by atoms with Gasteiger partial charge in [-0.05, 0) is 5.56 Å². The lowest BCUT2D eigenvalue weighted by atomic mass is 10.0. The first-order valence-electron chi connectivity index (χ1n) is 4.66. The quantitative estimate of drug-likeness (QED) is 0.608. The number of amides is 1. The van der Waals surface area contributed by atoms with Gasteiger partial charge in [-0.2, -0.15) is 5.10 Å². The molecular formula is C11H14N2O2. The molecule has 0 spiro atoms. The van der Waals surface area contributed by atoms with Gasteiger partial charge in [-0.15, -0.1) is 0 Å². The summed E-state index contributed by atoms with van der Waals surface area (Å²) in [5.74, 6) is 0.156. The average Bonchev–Trinajstić information content (AvgIpc) is 2.29. The van der Waals surface area contributed by atoms with Crippen LogP contribution in [0.5, 0.6) is 0 Å². The lowest BCUT2D eigenvalue weighted by Crippen LogP contribution is -2.17. The second-order valence-electron chi connectivity index (χ2n) is 3.08. The van der Waals surface area contributed by atoms with Gasteiger partial charge in [-0.25, -0.2) is 10.2 Å². The van der Waals surface area contributed by atoms with E-state index in [1.165, 1.54) is 7.11 Å². The molecule has 1 aromatic carbocycles. The van der Waals surface area contributed by atoms with Crippen molar-refractivity contribution in [2.45, 2.75) is 12.8 Å². The molecule has 80 valence electrons. The van der Waals surface area contributed by atoms with Crippen molar-refractivity contribution < 1.29 is 9.53 Å². The predicted molar refractivity (Wildman–Crippen MR) is 58.9 cm³/mol. The molecule has 1 N–H and O–H groups in total. The van der Waals surface area contributed by atoms with Crippen LogP contribution in [0, 0.1) is 0 Å². The molecule has 0 unspecified atom stereocenters. The molecule has 0 heterocycles. The molecule has 1 aromatic rings. The molecule has 1 amide bonds. The van der Waals surface area contributed by atoms with Crippen LogP contribution in [0.1, 0.15) is 18.4 Å². The molecule has 1 atom stereocenters. The number of hydrazone groups is 1. The predicted octanol–water partition coefficient (Wildman–Crippen LogP) is 2.13. The van der Waals surface area contributed by atoms with Crippen LogP contribution in [0.2, 0.25) is 0 Å². The second-order valence-corrected chi connectivity index (χ2v) is 3.08. The molecular weight excluding hydrogens is 192 g/mol. The van der Waals surface area contributed by atoms with Crippen LogP contribution in [-0.2, 0) is 4.74 Å². The van der Waals surface area contributed by atoms with Gasteiger partial charge >= 0.3 is 6.09 Å². The molecule has 0 bridgehead atoms. The summed E-state index contributed by atoms with van der Waals surface area (Å²) >= 11 is 0. The summed E-state index contributed by atoms with van der Waals surface area (Å²) in [4.78, 5) is 10.7. The largest absolute Gasteiger partial charge is 0.452 e. The summed E-state index contributed by atoms with van der Waals surface area (Å²) < 4.78 is 4.37. The van der Waals surface area contributed by atoms with E-state index in [-0.39, 0.29) is 5.92 Å². The van der Waals surface area contributed by atoms with Gasteiger partial charge in [-0.1, -0.05) is 37.3 Å². The Morgan fingerprint density at radius 1 is 1.47 bits per heavy atom. The van der Waals surface area contributed by atoms with Gasteiger partial charge in [0.2, 0.25) is 0 Å². The fraction of sp³-hybridized carbons (Fsp3) is 0.273. The Morgan fingerprint density at radius 2 is 2.13 bits per heavy atom. The topological polar surface area (TPSA) is 50.7 Å². The highest BCUT2D eigenvalue weighted by atomic mass is 16.5. The van der Waals surface area contributed by atoms with E-state index in [9.17, 15) is 4.79 Å². The summed E-state index contributed by atoms with van der Waals surface area (Å²) in [5.41, 5.74) is 3.39. The van der Waals surface area contributed by atoms with Crippen molar-refractivity contribution in [3.05, 3.63) is 35.9 Å². The zero-order chi connectivity index (χ0) is 11.1. The standard InChI is InChI=1S/C11H14N2O2/c1-9(8-12-13-11(14)15-2)10-6-4-3-5-7-10/h3-9H,1-2H3,(H,13,14)/b12-8-/t9-/m1/s1. The molecule has 0 aromatic heterocycles. The molecule has 15 heavy (non-hydrogen) atoms. The third kappa shape index (κ3) is 3.81. The Balaban J connectivity index is 2.49. The smallest absolute Gasteiger partial charge is 0.427 e. The molecule has 0 saturated heterocycles. The molecule has 0 aliphatic rings. The first-order valence-corrected chi connectivity index (χ1v) is 4.66. The highest BCUT2D eigenvalue weighted by molar-refractivity contribution is 5.71. The summed E-state index contributed by atoms with van der Waals surface area (Å²) in [5, 5.41) is 3.77. The first kappa shape index (κ1) is 11.2. The highest BCUT2D eigenvalue weighted by Gasteiger charge is 2.00. The fourth-order valence-electron chi connectivity index (χ4n) is 1.09. The molecule has 4 heteroatoms.